The van der Waals surface area contributed by atoms with Crippen LogP contribution in [0.2, 0.25) is 0 Å². The lowest BCUT2D eigenvalue weighted by Gasteiger charge is -2.28. The fraction of sp³-hybridized carbons (Fsp3) is 0.550. The molecular formula is C40H54O10. The number of aliphatic hydroxyl groups excluding tert-OH is 2. The van der Waals surface area contributed by atoms with Gasteiger partial charge in [0.15, 0.2) is 0 Å². The molecule has 2 unspecified atom stereocenters. The van der Waals surface area contributed by atoms with Crippen molar-refractivity contribution in [2.45, 2.75) is 108 Å². The SMILES string of the molecule is CC(=CCCC(C)C1=C(O)C(C2=C(C)C(=O)C(=O)C(C(C)CCC=C(C)COC(=O)CC(C)C)=C2O)=C(C)C(=O)C1=O)COC(=O)CC(C)C. The van der Waals surface area contributed by atoms with Crippen molar-refractivity contribution in [3.8, 4) is 0 Å². The number of rotatable bonds is 17. The average molecular weight is 695 g/mol. The second-order valence-electron chi connectivity index (χ2n) is 14.4. The Balaban J connectivity index is 2.34. The van der Waals surface area contributed by atoms with Crippen LogP contribution in [0, 0.1) is 23.7 Å². The quantitative estimate of drug-likeness (QED) is 0.0677. The summed E-state index contributed by atoms with van der Waals surface area (Å²) in [6, 6.07) is 0. The Morgan fingerprint density at radius 3 is 1.22 bits per heavy atom. The lowest BCUT2D eigenvalue weighted by Crippen LogP contribution is -2.33. The molecule has 0 aromatic heterocycles. The molecule has 2 aliphatic rings. The zero-order chi connectivity index (χ0) is 38.0. The van der Waals surface area contributed by atoms with Gasteiger partial charge in [0.1, 0.15) is 24.7 Å². The highest BCUT2D eigenvalue weighted by molar-refractivity contribution is 6.52. The van der Waals surface area contributed by atoms with Gasteiger partial charge in [0.25, 0.3) is 0 Å². The molecule has 2 N–H and O–H groups in total. The molecule has 2 rings (SSSR count). The zero-order valence-corrected chi connectivity index (χ0v) is 31.3. The predicted octanol–water partition coefficient (Wildman–Crippen LogP) is 7.45. The van der Waals surface area contributed by atoms with Crippen molar-refractivity contribution in [3.63, 3.8) is 0 Å². The van der Waals surface area contributed by atoms with Crippen molar-refractivity contribution in [2.75, 3.05) is 13.2 Å². The second-order valence-corrected chi connectivity index (χ2v) is 14.4. The molecule has 2 aliphatic carbocycles. The average Bonchev–Trinajstić information content (AvgIpc) is 3.01. The van der Waals surface area contributed by atoms with E-state index in [0.29, 0.717) is 38.5 Å². The Labute approximate surface area is 296 Å². The molecule has 0 aliphatic heterocycles. The highest BCUT2D eigenvalue weighted by Crippen LogP contribution is 2.42. The summed E-state index contributed by atoms with van der Waals surface area (Å²) in [6.45, 7) is 17.7. The molecule has 0 spiro atoms. The molecule has 10 heteroatoms. The van der Waals surface area contributed by atoms with E-state index in [2.05, 4.69) is 0 Å². The molecule has 0 amide bonds. The fourth-order valence-electron chi connectivity index (χ4n) is 5.92. The van der Waals surface area contributed by atoms with E-state index in [4.69, 9.17) is 9.47 Å². The summed E-state index contributed by atoms with van der Waals surface area (Å²) in [5.41, 5.74) is 0.811. The van der Waals surface area contributed by atoms with Gasteiger partial charge in [0, 0.05) is 46.3 Å². The number of aliphatic hydroxyl groups is 2. The first-order valence-corrected chi connectivity index (χ1v) is 17.4. The summed E-state index contributed by atoms with van der Waals surface area (Å²) in [6.07, 6.45) is 6.02. The van der Waals surface area contributed by atoms with Crippen molar-refractivity contribution in [2.24, 2.45) is 23.7 Å². The van der Waals surface area contributed by atoms with Crippen LogP contribution in [-0.4, -0.2) is 58.5 Å². The number of carbonyl (C=O) groups is 6. The molecule has 0 radical (unpaired) electrons. The number of esters is 2. The topological polar surface area (TPSA) is 161 Å². The Hall–Kier alpha value is -4.34. The number of Topliss-reactive ketones (excluding diaryl/α,β-unsaturated/α-hetero) is 4. The summed E-state index contributed by atoms with van der Waals surface area (Å²) in [5, 5.41) is 23.1. The van der Waals surface area contributed by atoms with Crippen LogP contribution in [-0.2, 0) is 38.2 Å². The molecule has 2 atom stereocenters. The molecule has 0 saturated carbocycles. The molecular weight excluding hydrogens is 640 g/mol. The molecule has 10 nitrogen and oxygen atoms in total. The lowest BCUT2D eigenvalue weighted by molar-refractivity contribution is -0.144. The number of allylic oxidation sites excluding steroid dienone is 8. The monoisotopic (exact) mass is 694 g/mol. The van der Waals surface area contributed by atoms with Gasteiger partial charge in [-0.3, -0.25) is 28.8 Å². The van der Waals surface area contributed by atoms with Crippen LogP contribution >= 0.6 is 0 Å². The third-order valence-corrected chi connectivity index (χ3v) is 8.81. The van der Waals surface area contributed by atoms with Crippen molar-refractivity contribution < 1.29 is 48.5 Å². The number of carbonyl (C=O) groups excluding carboxylic acids is 6. The molecule has 0 fully saturated rings. The van der Waals surface area contributed by atoms with E-state index >= 15 is 0 Å². The first-order valence-electron chi connectivity index (χ1n) is 17.4. The minimum Gasteiger partial charge on any atom is -0.507 e. The van der Waals surface area contributed by atoms with Gasteiger partial charge in [-0.2, -0.15) is 0 Å². The van der Waals surface area contributed by atoms with Gasteiger partial charge in [-0.1, -0.05) is 53.7 Å². The van der Waals surface area contributed by atoms with Gasteiger partial charge in [-0.15, -0.1) is 0 Å². The van der Waals surface area contributed by atoms with Gasteiger partial charge in [0.2, 0.25) is 23.1 Å². The van der Waals surface area contributed by atoms with Crippen LogP contribution in [0.4, 0.5) is 0 Å². The van der Waals surface area contributed by atoms with Crippen LogP contribution < -0.4 is 0 Å². The van der Waals surface area contributed by atoms with Gasteiger partial charge in [-0.05, 0) is 88.2 Å². The van der Waals surface area contributed by atoms with E-state index in [9.17, 15) is 39.0 Å². The summed E-state index contributed by atoms with van der Waals surface area (Å²) >= 11 is 0. The van der Waals surface area contributed by atoms with Crippen molar-refractivity contribution in [1.29, 1.82) is 0 Å². The maximum Gasteiger partial charge on any atom is 0.306 e. The van der Waals surface area contributed by atoms with Gasteiger partial charge in [0.05, 0.1) is 0 Å². The largest absolute Gasteiger partial charge is 0.507 e. The van der Waals surface area contributed by atoms with Crippen LogP contribution in [0.25, 0.3) is 0 Å². The number of ketones is 4. The Morgan fingerprint density at radius 1 is 0.600 bits per heavy atom. The summed E-state index contributed by atoms with van der Waals surface area (Å²) < 4.78 is 10.6. The first-order chi connectivity index (χ1) is 23.3. The highest BCUT2D eigenvalue weighted by atomic mass is 16.5. The summed E-state index contributed by atoms with van der Waals surface area (Å²) in [5.74, 6) is -5.89. The Kier molecular flexibility index (Phi) is 15.6. The Morgan fingerprint density at radius 2 is 0.920 bits per heavy atom. The predicted molar refractivity (Wildman–Crippen MR) is 190 cm³/mol. The lowest BCUT2D eigenvalue weighted by atomic mass is 9.74. The summed E-state index contributed by atoms with van der Waals surface area (Å²) in [4.78, 5) is 76.7. The van der Waals surface area contributed by atoms with Crippen LogP contribution in [0.15, 0.2) is 68.3 Å². The Bertz CT molecular complexity index is 1470. The fourth-order valence-corrected chi connectivity index (χ4v) is 5.92. The molecule has 50 heavy (non-hydrogen) atoms. The zero-order valence-electron chi connectivity index (χ0n) is 31.3. The maximum atomic E-state index is 13.3. The minimum absolute atomic E-state index is 0.133. The van der Waals surface area contributed by atoms with Crippen molar-refractivity contribution in [3.05, 3.63) is 68.3 Å². The van der Waals surface area contributed by atoms with Gasteiger partial charge < -0.3 is 19.7 Å². The third kappa shape index (κ3) is 10.8. The van der Waals surface area contributed by atoms with Crippen LogP contribution in [0.5, 0.6) is 0 Å². The number of hydrogen-bond donors (Lipinski definition) is 2. The van der Waals surface area contributed by atoms with E-state index in [1.165, 1.54) is 13.8 Å². The molecule has 0 heterocycles. The standard InChI is InChI=1S/C40H54O10/c1-21(2)17-29(41)49-19-23(5)13-11-15-25(7)31-37(45)33(27(9)35(43)39(31)47)34-28(10)36(44)40(48)32(38(34)46)26(8)16-12-14-24(6)20-50-30(42)18-22(3)4/h13-14,21-22,25-26,45-46H,11-12,15-20H2,1-10H3. The maximum absolute atomic E-state index is 13.3. The third-order valence-electron chi connectivity index (χ3n) is 8.81. The van der Waals surface area contributed by atoms with E-state index in [0.717, 1.165) is 11.1 Å². The normalized spacial score (nSPS) is 17.8. The van der Waals surface area contributed by atoms with Crippen LogP contribution in [0.1, 0.15) is 108 Å². The van der Waals surface area contributed by atoms with Crippen LogP contribution in [0.3, 0.4) is 0 Å². The van der Waals surface area contributed by atoms with Crippen molar-refractivity contribution in [1.82, 2.24) is 0 Å². The van der Waals surface area contributed by atoms with Gasteiger partial charge >= 0.3 is 11.9 Å². The van der Waals surface area contributed by atoms with E-state index in [-0.39, 0.29) is 70.4 Å². The number of ether oxygens (including phenoxy) is 2. The highest BCUT2D eigenvalue weighted by Gasteiger charge is 2.42. The molecule has 0 saturated heterocycles. The molecule has 0 bridgehead atoms. The van der Waals surface area contributed by atoms with E-state index in [1.807, 2.05) is 53.7 Å². The second kappa shape index (κ2) is 18.6. The smallest absolute Gasteiger partial charge is 0.306 e. The van der Waals surface area contributed by atoms with Crippen molar-refractivity contribution >= 4 is 35.1 Å². The van der Waals surface area contributed by atoms with Gasteiger partial charge in [-0.25, -0.2) is 0 Å². The first kappa shape index (κ1) is 41.8. The minimum atomic E-state index is -0.870. The summed E-state index contributed by atoms with van der Waals surface area (Å²) in [7, 11) is 0. The number of hydrogen-bond acceptors (Lipinski definition) is 10. The van der Waals surface area contributed by atoms with E-state index in [1.54, 1.807) is 13.8 Å². The molecule has 0 aromatic carbocycles. The van der Waals surface area contributed by atoms with E-state index < -0.39 is 46.5 Å². The molecule has 0 aromatic rings. The molecule has 274 valence electrons.